The summed E-state index contributed by atoms with van der Waals surface area (Å²) in [6.45, 7) is 2.58. The number of hydrogen-bond acceptors (Lipinski definition) is 4. The van der Waals surface area contributed by atoms with Gasteiger partial charge < -0.3 is 0 Å². The normalized spacial score (nSPS) is 17.6. The van der Waals surface area contributed by atoms with Crippen LogP contribution in [0.5, 0.6) is 0 Å². The molecule has 4 nitrogen and oxygen atoms in total. The highest BCUT2D eigenvalue weighted by Crippen LogP contribution is 2.20. The Morgan fingerprint density at radius 2 is 1.72 bits per heavy atom. The summed E-state index contributed by atoms with van der Waals surface area (Å²) in [6, 6.07) is 6.14. The molecule has 98 valence electrons. The van der Waals surface area contributed by atoms with Crippen molar-refractivity contribution in [3.8, 4) is 0 Å². The number of benzene rings is 1. The van der Waals surface area contributed by atoms with E-state index in [1.54, 1.807) is 23.9 Å². The van der Waals surface area contributed by atoms with E-state index in [1.165, 1.54) is 23.4 Å². The first kappa shape index (κ1) is 13.6. The van der Waals surface area contributed by atoms with Crippen LogP contribution in [0.3, 0.4) is 0 Å². The van der Waals surface area contributed by atoms with Gasteiger partial charge in [-0.05, 0) is 19.1 Å². The number of nitrogens with zero attached hydrogens (tertiary/aromatic N) is 1. The van der Waals surface area contributed by atoms with Gasteiger partial charge in [0.2, 0.25) is 10.0 Å². The lowest BCUT2D eigenvalue weighted by molar-refractivity contribution is 0.101. The van der Waals surface area contributed by atoms with Gasteiger partial charge in [-0.2, -0.15) is 16.1 Å². The summed E-state index contributed by atoms with van der Waals surface area (Å²) in [6.07, 6.45) is 0. The Hall–Kier alpha value is -0.850. The fourth-order valence-corrected chi connectivity index (χ4v) is 4.37. The van der Waals surface area contributed by atoms with E-state index < -0.39 is 10.0 Å². The Labute approximate surface area is 111 Å². The maximum absolute atomic E-state index is 12.3. The summed E-state index contributed by atoms with van der Waals surface area (Å²) in [5, 5.41) is 0. The zero-order chi connectivity index (χ0) is 13.2. The molecule has 0 aliphatic carbocycles. The Morgan fingerprint density at radius 1 is 1.17 bits per heavy atom. The summed E-state index contributed by atoms with van der Waals surface area (Å²) in [5.74, 6) is 1.61. The van der Waals surface area contributed by atoms with Crippen molar-refractivity contribution in [1.29, 1.82) is 0 Å². The molecule has 0 aromatic heterocycles. The highest BCUT2D eigenvalue weighted by atomic mass is 32.2. The highest BCUT2D eigenvalue weighted by Gasteiger charge is 2.25. The molecule has 1 aromatic carbocycles. The standard InChI is InChI=1S/C12H15NO3S2/c1-10(14)11-2-4-12(5-3-11)18(15,16)13-6-8-17-9-7-13/h2-5H,6-9H2,1H3. The molecular weight excluding hydrogens is 270 g/mol. The largest absolute Gasteiger partial charge is 0.295 e. The minimum absolute atomic E-state index is 0.0617. The first-order valence-corrected chi connectivity index (χ1v) is 8.30. The van der Waals surface area contributed by atoms with Crippen LogP contribution in [-0.4, -0.2) is 43.1 Å². The average Bonchev–Trinajstić information content (AvgIpc) is 2.40. The average molecular weight is 285 g/mol. The van der Waals surface area contributed by atoms with Gasteiger partial charge in [0, 0.05) is 30.2 Å². The van der Waals surface area contributed by atoms with Crippen LogP contribution in [0, 0.1) is 0 Å². The van der Waals surface area contributed by atoms with Crippen LogP contribution in [0.1, 0.15) is 17.3 Å². The third-order valence-corrected chi connectivity index (χ3v) is 5.72. The van der Waals surface area contributed by atoms with Crippen molar-refractivity contribution >= 4 is 27.6 Å². The van der Waals surface area contributed by atoms with Gasteiger partial charge in [-0.15, -0.1) is 0 Å². The Balaban J connectivity index is 2.26. The van der Waals surface area contributed by atoms with Crippen molar-refractivity contribution in [2.75, 3.05) is 24.6 Å². The molecule has 0 spiro atoms. The molecule has 0 bridgehead atoms. The Morgan fingerprint density at radius 3 is 2.22 bits per heavy atom. The van der Waals surface area contributed by atoms with Crippen molar-refractivity contribution in [3.05, 3.63) is 29.8 Å². The summed E-state index contributed by atoms with van der Waals surface area (Å²) in [7, 11) is -3.40. The third-order valence-electron chi connectivity index (χ3n) is 2.87. The van der Waals surface area contributed by atoms with E-state index in [-0.39, 0.29) is 10.7 Å². The molecule has 1 aliphatic heterocycles. The van der Waals surface area contributed by atoms with Gasteiger partial charge in [-0.3, -0.25) is 4.79 Å². The van der Waals surface area contributed by atoms with Crippen molar-refractivity contribution in [3.63, 3.8) is 0 Å². The molecule has 0 amide bonds. The molecule has 0 unspecified atom stereocenters. The second-order valence-corrected chi connectivity index (χ2v) is 7.26. The molecule has 0 radical (unpaired) electrons. The molecule has 0 N–H and O–H groups in total. The van der Waals surface area contributed by atoms with E-state index in [2.05, 4.69) is 0 Å². The summed E-state index contributed by atoms with van der Waals surface area (Å²) >= 11 is 1.77. The van der Waals surface area contributed by atoms with E-state index in [0.717, 1.165) is 11.5 Å². The fraction of sp³-hybridized carbons (Fsp3) is 0.417. The molecule has 6 heteroatoms. The third kappa shape index (κ3) is 2.76. The van der Waals surface area contributed by atoms with E-state index >= 15 is 0 Å². The van der Waals surface area contributed by atoms with E-state index in [1.807, 2.05) is 0 Å². The van der Waals surface area contributed by atoms with Crippen molar-refractivity contribution in [2.45, 2.75) is 11.8 Å². The predicted octanol–water partition coefficient (Wildman–Crippen LogP) is 1.63. The maximum atomic E-state index is 12.3. The lowest BCUT2D eigenvalue weighted by Gasteiger charge is -2.25. The molecule has 2 rings (SSSR count). The predicted molar refractivity (Wildman–Crippen MR) is 72.5 cm³/mol. The zero-order valence-corrected chi connectivity index (χ0v) is 11.8. The number of rotatable bonds is 3. The van der Waals surface area contributed by atoms with Crippen LogP contribution in [0.4, 0.5) is 0 Å². The number of sulfonamides is 1. The second-order valence-electron chi connectivity index (χ2n) is 4.10. The first-order valence-electron chi connectivity index (χ1n) is 5.71. The van der Waals surface area contributed by atoms with Gasteiger partial charge in [0.15, 0.2) is 5.78 Å². The molecule has 1 fully saturated rings. The van der Waals surface area contributed by atoms with Crippen LogP contribution in [-0.2, 0) is 10.0 Å². The van der Waals surface area contributed by atoms with Crippen molar-refractivity contribution < 1.29 is 13.2 Å². The van der Waals surface area contributed by atoms with Crippen molar-refractivity contribution in [1.82, 2.24) is 4.31 Å². The minimum atomic E-state index is -3.40. The smallest absolute Gasteiger partial charge is 0.243 e. The number of hydrogen-bond donors (Lipinski definition) is 0. The molecule has 18 heavy (non-hydrogen) atoms. The summed E-state index contributed by atoms with van der Waals surface area (Å²) in [4.78, 5) is 11.4. The minimum Gasteiger partial charge on any atom is -0.295 e. The van der Waals surface area contributed by atoms with Crippen LogP contribution >= 0.6 is 11.8 Å². The Bertz CT molecular complexity index is 531. The van der Waals surface area contributed by atoms with Gasteiger partial charge >= 0.3 is 0 Å². The summed E-state index contributed by atoms with van der Waals surface area (Å²) < 4.78 is 26.1. The first-order chi connectivity index (χ1) is 8.51. The SMILES string of the molecule is CC(=O)c1ccc(S(=O)(=O)N2CCSCC2)cc1. The molecule has 1 aliphatic rings. The monoisotopic (exact) mass is 285 g/mol. The van der Waals surface area contributed by atoms with Crippen LogP contribution in [0.15, 0.2) is 29.2 Å². The second kappa shape index (κ2) is 5.42. The van der Waals surface area contributed by atoms with Gasteiger partial charge in [0.05, 0.1) is 4.90 Å². The lowest BCUT2D eigenvalue weighted by atomic mass is 10.2. The fourth-order valence-electron chi connectivity index (χ4n) is 1.80. The van der Waals surface area contributed by atoms with E-state index in [4.69, 9.17) is 0 Å². The maximum Gasteiger partial charge on any atom is 0.243 e. The molecule has 1 heterocycles. The molecule has 1 aromatic rings. The van der Waals surface area contributed by atoms with E-state index in [0.29, 0.717) is 18.7 Å². The summed E-state index contributed by atoms with van der Waals surface area (Å²) in [5.41, 5.74) is 0.531. The topological polar surface area (TPSA) is 54.5 Å². The van der Waals surface area contributed by atoms with Gasteiger partial charge in [0.25, 0.3) is 0 Å². The van der Waals surface area contributed by atoms with E-state index in [9.17, 15) is 13.2 Å². The quantitative estimate of drug-likeness (QED) is 0.792. The molecule has 1 saturated heterocycles. The number of Topliss-reactive ketones (excluding diaryl/α,β-unsaturated/α-hetero) is 1. The molecule has 0 atom stereocenters. The highest BCUT2D eigenvalue weighted by molar-refractivity contribution is 7.99. The zero-order valence-electron chi connectivity index (χ0n) is 10.1. The number of thioether (sulfide) groups is 1. The molecular formula is C12H15NO3S2. The van der Waals surface area contributed by atoms with Crippen LogP contribution in [0.25, 0.3) is 0 Å². The van der Waals surface area contributed by atoms with Gasteiger partial charge in [-0.1, -0.05) is 12.1 Å². The number of ketones is 1. The molecule has 0 saturated carbocycles. The van der Waals surface area contributed by atoms with Crippen molar-refractivity contribution in [2.24, 2.45) is 0 Å². The number of carbonyl (C=O) groups is 1. The van der Waals surface area contributed by atoms with Gasteiger partial charge in [0.1, 0.15) is 0 Å². The van der Waals surface area contributed by atoms with Crippen LogP contribution < -0.4 is 0 Å². The number of carbonyl (C=O) groups excluding carboxylic acids is 1. The van der Waals surface area contributed by atoms with Crippen LogP contribution in [0.2, 0.25) is 0 Å². The van der Waals surface area contributed by atoms with Gasteiger partial charge in [-0.25, -0.2) is 8.42 Å². The Kier molecular flexibility index (Phi) is 4.09. The lowest BCUT2D eigenvalue weighted by Crippen LogP contribution is -2.37.